The molecule has 0 radical (unpaired) electrons. The summed E-state index contributed by atoms with van der Waals surface area (Å²) in [5.41, 5.74) is 0. The quantitative estimate of drug-likeness (QED) is 0.849. The first kappa shape index (κ1) is 13.4. The number of sulfonamides is 1. The fraction of sp³-hybridized carbons (Fsp3) is 0.125. The van der Waals surface area contributed by atoms with Crippen molar-refractivity contribution in [1.82, 2.24) is 20.2 Å². The van der Waals surface area contributed by atoms with Gasteiger partial charge in [-0.05, 0) is 39.3 Å². The minimum Gasteiger partial charge on any atom is -0.245 e. The van der Waals surface area contributed by atoms with Crippen LogP contribution in [0.5, 0.6) is 0 Å². The van der Waals surface area contributed by atoms with Crippen LogP contribution in [0.3, 0.4) is 0 Å². The van der Waals surface area contributed by atoms with Gasteiger partial charge >= 0.3 is 0 Å². The molecule has 0 saturated heterocycles. The lowest BCUT2D eigenvalue weighted by Gasteiger charge is -2.06. The Morgan fingerprint density at radius 1 is 1.33 bits per heavy atom. The molecule has 2 rings (SSSR count). The summed E-state index contributed by atoms with van der Waals surface area (Å²) in [4.78, 5) is 1.26. The molecule has 0 bridgehead atoms. The Kier molecular flexibility index (Phi) is 3.69. The first-order valence-electron chi connectivity index (χ1n) is 4.60. The van der Waals surface area contributed by atoms with E-state index in [-0.39, 0.29) is 10.8 Å². The van der Waals surface area contributed by atoms with Crippen molar-refractivity contribution in [2.24, 2.45) is 7.05 Å². The zero-order valence-electron chi connectivity index (χ0n) is 9.00. The molecular formula is C8H7Br2N5O2S. The van der Waals surface area contributed by atoms with Crippen LogP contribution in [0.1, 0.15) is 0 Å². The van der Waals surface area contributed by atoms with Gasteiger partial charge in [-0.3, -0.25) is 0 Å². The zero-order chi connectivity index (χ0) is 13.3. The smallest absolute Gasteiger partial charge is 0.245 e. The monoisotopic (exact) mass is 395 g/mol. The summed E-state index contributed by atoms with van der Waals surface area (Å²) in [5, 5.41) is 10.8. The van der Waals surface area contributed by atoms with E-state index in [2.05, 4.69) is 52.0 Å². The van der Waals surface area contributed by atoms with Crippen molar-refractivity contribution in [2.75, 3.05) is 4.72 Å². The highest BCUT2D eigenvalue weighted by molar-refractivity contribution is 9.11. The van der Waals surface area contributed by atoms with Gasteiger partial charge in [-0.15, -0.1) is 5.10 Å². The molecule has 0 aliphatic rings. The predicted octanol–water partition coefficient (Wildman–Crippen LogP) is 1.54. The number of halogens is 2. The molecule has 0 fully saturated rings. The number of benzene rings is 1. The first-order chi connectivity index (χ1) is 8.38. The van der Waals surface area contributed by atoms with Gasteiger partial charge in [-0.2, -0.15) is 4.80 Å². The van der Waals surface area contributed by atoms with Crippen LogP contribution in [-0.2, 0) is 17.1 Å². The van der Waals surface area contributed by atoms with Gasteiger partial charge in [0.1, 0.15) is 4.90 Å². The Hall–Kier alpha value is -1.000. The van der Waals surface area contributed by atoms with E-state index < -0.39 is 10.0 Å². The molecule has 1 aromatic heterocycles. The standard InChI is InChI=1S/C8H7Br2N5O2S/c1-15-12-8(11-14-15)13-18(16,17)7-3-2-5(9)4-6(7)10/h2-4H,1H3,(H,12,13). The summed E-state index contributed by atoms with van der Waals surface area (Å²) in [6.07, 6.45) is 0. The van der Waals surface area contributed by atoms with Crippen LogP contribution in [0.2, 0.25) is 0 Å². The maximum Gasteiger partial charge on any atom is 0.277 e. The minimum absolute atomic E-state index is 0.0766. The SMILES string of the molecule is Cn1nnc(NS(=O)(=O)c2ccc(Br)cc2Br)n1. The Balaban J connectivity index is 2.36. The lowest BCUT2D eigenvalue weighted by atomic mass is 10.4. The highest BCUT2D eigenvalue weighted by Gasteiger charge is 2.19. The van der Waals surface area contributed by atoms with Crippen LogP contribution in [0.25, 0.3) is 0 Å². The molecule has 0 amide bonds. The summed E-state index contributed by atoms with van der Waals surface area (Å²) in [5.74, 6) is -0.0766. The van der Waals surface area contributed by atoms with E-state index in [0.29, 0.717) is 4.47 Å². The Morgan fingerprint density at radius 2 is 2.06 bits per heavy atom. The van der Waals surface area contributed by atoms with Crippen LogP contribution >= 0.6 is 31.9 Å². The van der Waals surface area contributed by atoms with Gasteiger partial charge in [0.2, 0.25) is 0 Å². The van der Waals surface area contributed by atoms with Crippen LogP contribution in [0.15, 0.2) is 32.0 Å². The van der Waals surface area contributed by atoms with E-state index in [1.54, 1.807) is 19.2 Å². The third-order valence-corrected chi connectivity index (χ3v) is 4.72. The fourth-order valence-corrected chi connectivity index (χ4v) is 3.87. The number of hydrogen-bond acceptors (Lipinski definition) is 5. The van der Waals surface area contributed by atoms with E-state index in [4.69, 9.17) is 0 Å². The second-order valence-electron chi connectivity index (χ2n) is 3.28. The van der Waals surface area contributed by atoms with E-state index in [0.717, 1.165) is 9.27 Å². The number of nitrogens with zero attached hydrogens (tertiary/aromatic N) is 4. The minimum atomic E-state index is -3.74. The second-order valence-corrected chi connectivity index (χ2v) is 6.70. The van der Waals surface area contributed by atoms with Gasteiger partial charge in [0, 0.05) is 8.95 Å². The number of aryl methyl sites for hydroxylation is 1. The number of tetrazole rings is 1. The number of aromatic nitrogens is 4. The number of rotatable bonds is 3. The van der Waals surface area contributed by atoms with Crippen molar-refractivity contribution in [1.29, 1.82) is 0 Å². The van der Waals surface area contributed by atoms with Gasteiger partial charge in [0.25, 0.3) is 16.0 Å². The van der Waals surface area contributed by atoms with Crippen LogP contribution < -0.4 is 4.72 Å². The van der Waals surface area contributed by atoms with Crippen molar-refractivity contribution < 1.29 is 8.42 Å². The highest BCUT2D eigenvalue weighted by Crippen LogP contribution is 2.26. The number of anilines is 1. The lowest BCUT2D eigenvalue weighted by molar-refractivity contribution is 0.600. The molecule has 2 aromatic rings. The van der Waals surface area contributed by atoms with Crippen molar-refractivity contribution in [3.05, 3.63) is 27.1 Å². The third kappa shape index (κ3) is 2.87. The van der Waals surface area contributed by atoms with Crippen LogP contribution in [-0.4, -0.2) is 28.6 Å². The molecule has 0 unspecified atom stereocenters. The van der Waals surface area contributed by atoms with Gasteiger partial charge in [-0.25, -0.2) is 13.1 Å². The molecular weight excluding hydrogens is 390 g/mol. The molecule has 18 heavy (non-hydrogen) atoms. The second kappa shape index (κ2) is 4.94. The molecule has 0 aliphatic carbocycles. The number of nitrogens with one attached hydrogen (secondary N) is 1. The van der Waals surface area contributed by atoms with Gasteiger partial charge < -0.3 is 0 Å². The van der Waals surface area contributed by atoms with Crippen molar-refractivity contribution in [3.63, 3.8) is 0 Å². The van der Waals surface area contributed by atoms with E-state index >= 15 is 0 Å². The molecule has 0 spiro atoms. The van der Waals surface area contributed by atoms with E-state index in [9.17, 15) is 8.42 Å². The van der Waals surface area contributed by atoms with Crippen LogP contribution in [0, 0.1) is 0 Å². The molecule has 7 nitrogen and oxygen atoms in total. The van der Waals surface area contributed by atoms with Gasteiger partial charge in [0.05, 0.1) is 7.05 Å². The predicted molar refractivity (Wildman–Crippen MR) is 71.4 cm³/mol. The third-order valence-electron chi connectivity index (χ3n) is 1.92. The summed E-state index contributed by atoms with van der Waals surface area (Å²) in [7, 11) is -2.20. The maximum atomic E-state index is 12.1. The summed E-state index contributed by atoms with van der Waals surface area (Å²) >= 11 is 6.44. The van der Waals surface area contributed by atoms with Crippen LogP contribution in [0.4, 0.5) is 5.95 Å². The largest absolute Gasteiger partial charge is 0.277 e. The molecule has 10 heteroatoms. The lowest BCUT2D eigenvalue weighted by Crippen LogP contribution is -2.14. The Labute approximate surface area is 120 Å². The van der Waals surface area contributed by atoms with E-state index in [1.165, 1.54) is 6.07 Å². The molecule has 0 atom stereocenters. The molecule has 0 aliphatic heterocycles. The average Bonchev–Trinajstić information content (AvgIpc) is 2.62. The normalized spacial score (nSPS) is 11.5. The highest BCUT2D eigenvalue weighted by atomic mass is 79.9. The van der Waals surface area contributed by atoms with Gasteiger partial charge in [-0.1, -0.05) is 21.0 Å². The zero-order valence-corrected chi connectivity index (χ0v) is 13.0. The molecule has 1 N–H and O–H groups in total. The van der Waals surface area contributed by atoms with Crippen molar-refractivity contribution >= 4 is 47.8 Å². The molecule has 96 valence electrons. The summed E-state index contributed by atoms with van der Waals surface area (Å²) in [6, 6.07) is 4.73. The molecule has 1 heterocycles. The van der Waals surface area contributed by atoms with E-state index in [1.807, 2.05) is 0 Å². The van der Waals surface area contributed by atoms with Gasteiger partial charge in [0.15, 0.2) is 0 Å². The number of hydrogen-bond donors (Lipinski definition) is 1. The fourth-order valence-electron chi connectivity index (χ4n) is 1.19. The summed E-state index contributed by atoms with van der Waals surface area (Å²) in [6.45, 7) is 0. The average molecular weight is 397 g/mol. The van der Waals surface area contributed by atoms with Crippen molar-refractivity contribution in [2.45, 2.75) is 4.90 Å². The molecule has 0 saturated carbocycles. The topological polar surface area (TPSA) is 89.8 Å². The summed E-state index contributed by atoms with van der Waals surface area (Å²) < 4.78 is 27.6. The Bertz CT molecular complexity index is 685. The molecule has 1 aromatic carbocycles. The Morgan fingerprint density at radius 3 is 2.61 bits per heavy atom. The van der Waals surface area contributed by atoms with Crippen molar-refractivity contribution in [3.8, 4) is 0 Å². The first-order valence-corrected chi connectivity index (χ1v) is 7.67. The maximum absolute atomic E-state index is 12.1.